The number of hydrogen-bond acceptors (Lipinski definition) is 2. The molecule has 1 atom stereocenters. The molecule has 0 aromatic heterocycles. The van der Waals surface area contributed by atoms with E-state index in [0.29, 0.717) is 6.54 Å². The molecule has 0 heterocycles. The Morgan fingerprint density at radius 1 is 0.812 bits per heavy atom. The summed E-state index contributed by atoms with van der Waals surface area (Å²) in [5.74, 6) is 0. The molecule has 0 aliphatic rings. The van der Waals surface area contributed by atoms with Crippen LogP contribution in [0.5, 0.6) is 0 Å². The molecular weight excluding hydrogens is 196 g/mol. The molecule has 0 saturated heterocycles. The van der Waals surface area contributed by atoms with Crippen LogP contribution in [0, 0.1) is 0 Å². The van der Waals surface area contributed by atoms with E-state index in [4.69, 9.17) is 11.5 Å². The second-order valence-electron chi connectivity index (χ2n) is 3.83. The van der Waals surface area contributed by atoms with E-state index < -0.39 is 0 Å². The maximum atomic E-state index is 5.86. The van der Waals surface area contributed by atoms with Gasteiger partial charge < -0.3 is 11.5 Å². The monoisotopic (exact) mass is 212 g/mol. The van der Waals surface area contributed by atoms with Gasteiger partial charge >= 0.3 is 0 Å². The van der Waals surface area contributed by atoms with Gasteiger partial charge in [-0.25, -0.2) is 0 Å². The molecule has 2 nitrogen and oxygen atoms in total. The van der Waals surface area contributed by atoms with Gasteiger partial charge in [-0.3, -0.25) is 0 Å². The summed E-state index contributed by atoms with van der Waals surface area (Å²) in [5.41, 5.74) is 14.9. The van der Waals surface area contributed by atoms with Crippen LogP contribution < -0.4 is 11.5 Å². The van der Waals surface area contributed by atoms with Gasteiger partial charge in [-0.1, -0.05) is 54.6 Å². The van der Waals surface area contributed by atoms with Gasteiger partial charge in [0.15, 0.2) is 0 Å². The number of nitrogens with two attached hydrogens (primary N) is 2. The average molecular weight is 212 g/mol. The second kappa shape index (κ2) is 4.92. The summed E-state index contributed by atoms with van der Waals surface area (Å²) < 4.78 is 0. The summed E-state index contributed by atoms with van der Waals surface area (Å²) in [4.78, 5) is 0. The first-order valence-corrected chi connectivity index (χ1v) is 5.42. The van der Waals surface area contributed by atoms with Crippen LogP contribution in [-0.4, -0.2) is 6.54 Å². The quantitative estimate of drug-likeness (QED) is 0.820. The summed E-state index contributed by atoms with van der Waals surface area (Å²) in [5, 5.41) is 0. The predicted molar refractivity (Wildman–Crippen MR) is 67.9 cm³/mol. The smallest absolute Gasteiger partial charge is 0.0419 e. The lowest BCUT2D eigenvalue weighted by Gasteiger charge is -2.09. The molecule has 2 aromatic rings. The van der Waals surface area contributed by atoms with Crippen LogP contribution in [0.3, 0.4) is 0 Å². The van der Waals surface area contributed by atoms with Crippen molar-refractivity contribution in [3.05, 3.63) is 60.2 Å². The van der Waals surface area contributed by atoms with Crippen molar-refractivity contribution < 1.29 is 0 Å². The standard InChI is InChI=1S/C14H16N2/c15-10-14(16)13-8-6-12(7-9-13)11-4-2-1-3-5-11/h1-9,14H,10,15-16H2. The van der Waals surface area contributed by atoms with E-state index >= 15 is 0 Å². The van der Waals surface area contributed by atoms with Gasteiger partial charge in [-0.15, -0.1) is 0 Å². The minimum atomic E-state index is -0.0650. The Morgan fingerprint density at radius 3 is 1.94 bits per heavy atom. The fraction of sp³-hybridized carbons (Fsp3) is 0.143. The topological polar surface area (TPSA) is 52.0 Å². The Morgan fingerprint density at radius 2 is 1.38 bits per heavy atom. The zero-order chi connectivity index (χ0) is 11.4. The molecule has 4 N–H and O–H groups in total. The van der Waals surface area contributed by atoms with Gasteiger partial charge in [-0.2, -0.15) is 0 Å². The third-order valence-corrected chi connectivity index (χ3v) is 2.70. The van der Waals surface area contributed by atoms with Crippen molar-refractivity contribution in [1.82, 2.24) is 0 Å². The van der Waals surface area contributed by atoms with E-state index in [1.807, 2.05) is 30.3 Å². The lowest BCUT2D eigenvalue weighted by Crippen LogP contribution is -2.20. The van der Waals surface area contributed by atoms with Crippen molar-refractivity contribution >= 4 is 0 Å². The summed E-state index contributed by atoms with van der Waals surface area (Å²) in [7, 11) is 0. The van der Waals surface area contributed by atoms with Crippen LogP contribution in [0.1, 0.15) is 11.6 Å². The molecule has 16 heavy (non-hydrogen) atoms. The highest BCUT2D eigenvalue weighted by atomic mass is 14.7. The Labute approximate surface area is 95.9 Å². The van der Waals surface area contributed by atoms with Crippen LogP contribution in [0.2, 0.25) is 0 Å². The first kappa shape index (κ1) is 10.9. The fourth-order valence-electron chi connectivity index (χ4n) is 1.69. The zero-order valence-electron chi connectivity index (χ0n) is 9.14. The molecule has 2 aromatic carbocycles. The highest BCUT2D eigenvalue weighted by Gasteiger charge is 2.03. The van der Waals surface area contributed by atoms with E-state index in [-0.39, 0.29) is 6.04 Å². The molecule has 2 rings (SSSR count). The highest BCUT2D eigenvalue weighted by molar-refractivity contribution is 5.63. The molecule has 0 bridgehead atoms. The lowest BCUT2D eigenvalue weighted by atomic mass is 10.0. The summed E-state index contributed by atoms with van der Waals surface area (Å²) >= 11 is 0. The predicted octanol–water partition coefficient (Wildman–Crippen LogP) is 2.31. The van der Waals surface area contributed by atoms with Gasteiger partial charge in [0, 0.05) is 12.6 Å². The van der Waals surface area contributed by atoms with Gasteiger partial charge in [0.1, 0.15) is 0 Å². The Balaban J connectivity index is 2.26. The molecule has 0 spiro atoms. The van der Waals surface area contributed by atoms with E-state index in [1.165, 1.54) is 11.1 Å². The molecule has 0 radical (unpaired) electrons. The van der Waals surface area contributed by atoms with E-state index in [1.54, 1.807) is 0 Å². The molecule has 82 valence electrons. The van der Waals surface area contributed by atoms with Crippen LogP contribution >= 0.6 is 0 Å². The minimum Gasteiger partial charge on any atom is -0.329 e. The van der Waals surface area contributed by atoms with Crippen molar-refractivity contribution in [2.45, 2.75) is 6.04 Å². The second-order valence-corrected chi connectivity index (χ2v) is 3.83. The summed E-state index contributed by atoms with van der Waals surface area (Å²) in [6.45, 7) is 0.477. The Bertz CT molecular complexity index is 434. The van der Waals surface area contributed by atoms with Gasteiger partial charge in [-0.05, 0) is 16.7 Å². The maximum absolute atomic E-state index is 5.86. The Hall–Kier alpha value is -1.64. The van der Waals surface area contributed by atoms with Crippen molar-refractivity contribution in [3.8, 4) is 11.1 Å². The van der Waals surface area contributed by atoms with Crippen LogP contribution in [-0.2, 0) is 0 Å². The van der Waals surface area contributed by atoms with Crippen molar-refractivity contribution in [2.24, 2.45) is 11.5 Å². The molecule has 1 unspecified atom stereocenters. The SMILES string of the molecule is NCC(N)c1ccc(-c2ccccc2)cc1. The zero-order valence-corrected chi connectivity index (χ0v) is 9.14. The van der Waals surface area contributed by atoms with Gasteiger partial charge in [0.2, 0.25) is 0 Å². The van der Waals surface area contributed by atoms with E-state index in [0.717, 1.165) is 5.56 Å². The van der Waals surface area contributed by atoms with Crippen molar-refractivity contribution in [3.63, 3.8) is 0 Å². The van der Waals surface area contributed by atoms with E-state index in [2.05, 4.69) is 24.3 Å². The van der Waals surface area contributed by atoms with Crippen molar-refractivity contribution in [2.75, 3.05) is 6.54 Å². The lowest BCUT2D eigenvalue weighted by molar-refractivity contribution is 0.737. The van der Waals surface area contributed by atoms with E-state index in [9.17, 15) is 0 Å². The summed E-state index contributed by atoms with van der Waals surface area (Å²) in [6, 6.07) is 18.5. The van der Waals surface area contributed by atoms with Crippen LogP contribution in [0.25, 0.3) is 11.1 Å². The fourth-order valence-corrected chi connectivity index (χ4v) is 1.69. The molecule has 0 saturated carbocycles. The van der Waals surface area contributed by atoms with Gasteiger partial charge in [0.05, 0.1) is 0 Å². The normalized spacial score (nSPS) is 12.4. The highest BCUT2D eigenvalue weighted by Crippen LogP contribution is 2.20. The molecule has 2 heteroatoms. The average Bonchev–Trinajstić information content (AvgIpc) is 2.39. The molecule has 0 amide bonds. The van der Waals surface area contributed by atoms with Gasteiger partial charge in [0.25, 0.3) is 0 Å². The molecule has 0 fully saturated rings. The van der Waals surface area contributed by atoms with Crippen molar-refractivity contribution in [1.29, 1.82) is 0 Å². The molecule has 0 aliphatic carbocycles. The Kier molecular flexibility index (Phi) is 3.34. The molecule has 0 aliphatic heterocycles. The maximum Gasteiger partial charge on any atom is 0.0419 e. The third kappa shape index (κ3) is 2.30. The first-order chi connectivity index (χ1) is 7.81. The first-order valence-electron chi connectivity index (χ1n) is 5.42. The third-order valence-electron chi connectivity index (χ3n) is 2.70. The summed E-state index contributed by atoms with van der Waals surface area (Å²) in [6.07, 6.45) is 0. The number of rotatable bonds is 3. The van der Waals surface area contributed by atoms with Crippen LogP contribution in [0.15, 0.2) is 54.6 Å². The minimum absolute atomic E-state index is 0.0650. The number of hydrogen-bond donors (Lipinski definition) is 2. The molecular formula is C14H16N2. The largest absolute Gasteiger partial charge is 0.329 e. The number of benzene rings is 2. The van der Waals surface area contributed by atoms with Crippen LogP contribution in [0.4, 0.5) is 0 Å².